The number of thioether (sulfide) groups is 1. The Hall–Kier alpha value is -1.22. The first-order valence-corrected chi connectivity index (χ1v) is 8.01. The minimum absolute atomic E-state index is 0.117. The molecule has 2 nitrogen and oxygen atoms in total. The van der Waals surface area contributed by atoms with Gasteiger partial charge in [0, 0.05) is 10.6 Å². The molecule has 19 heavy (non-hydrogen) atoms. The third-order valence-corrected chi connectivity index (χ3v) is 5.07. The van der Waals surface area contributed by atoms with E-state index in [0.29, 0.717) is 16.8 Å². The lowest BCUT2D eigenvalue weighted by Gasteiger charge is -2.20. The number of hydrogen-bond acceptors (Lipinski definition) is 3. The van der Waals surface area contributed by atoms with Crippen molar-refractivity contribution in [3.8, 4) is 0 Å². The highest BCUT2D eigenvalue weighted by Crippen LogP contribution is 2.29. The predicted octanol–water partition coefficient (Wildman–Crippen LogP) is 4.68. The molecule has 1 aliphatic carbocycles. The van der Waals surface area contributed by atoms with Gasteiger partial charge in [-0.1, -0.05) is 37.5 Å². The zero-order valence-corrected chi connectivity index (χ0v) is 11.7. The monoisotopic (exact) mass is 274 g/mol. The molecule has 1 aromatic carbocycles. The normalized spacial score (nSPS) is 16.8. The summed E-state index contributed by atoms with van der Waals surface area (Å²) in [7, 11) is 0. The quantitative estimate of drug-likeness (QED) is 0.758. The van der Waals surface area contributed by atoms with Crippen LogP contribution < -0.4 is 0 Å². The van der Waals surface area contributed by atoms with Gasteiger partial charge in [0.05, 0.1) is 5.75 Å². The lowest BCUT2D eigenvalue weighted by Crippen LogP contribution is -2.11. The molecule has 1 aromatic heterocycles. The summed E-state index contributed by atoms with van der Waals surface area (Å²) in [5, 5.41) is 1.68. The number of carbonyl (C=O) groups excluding carboxylic acids is 1. The smallest absolute Gasteiger partial charge is 0.207 e. The topological polar surface area (TPSA) is 30.2 Å². The Kier molecular flexibility index (Phi) is 3.92. The van der Waals surface area contributed by atoms with Gasteiger partial charge < -0.3 is 4.42 Å². The van der Waals surface area contributed by atoms with Crippen LogP contribution in [0.3, 0.4) is 0 Å². The molecule has 1 heterocycles. The Morgan fingerprint density at radius 2 is 2.00 bits per heavy atom. The van der Waals surface area contributed by atoms with Gasteiger partial charge in [0.25, 0.3) is 0 Å². The Morgan fingerprint density at radius 1 is 1.21 bits per heavy atom. The minimum atomic E-state index is 0.117. The van der Waals surface area contributed by atoms with Crippen LogP contribution in [0.15, 0.2) is 34.7 Å². The second-order valence-corrected chi connectivity index (χ2v) is 6.43. The van der Waals surface area contributed by atoms with Gasteiger partial charge in [0.15, 0.2) is 5.76 Å². The van der Waals surface area contributed by atoms with Crippen LogP contribution in [0.5, 0.6) is 0 Å². The van der Waals surface area contributed by atoms with E-state index in [0.717, 1.165) is 11.0 Å². The molecule has 1 aliphatic rings. The van der Waals surface area contributed by atoms with E-state index in [2.05, 4.69) is 0 Å². The summed E-state index contributed by atoms with van der Waals surface area (Å²) >= 11 is 1.80. The largest absolute Gasteiger partial charge is 0.453 e. The highest BCUT2D eigenvalue weighted by Gasteiger charge is 2.17. The number of fused-ring (bicyclic) bond motifs is 1. The summed E-state index contributed by atoms with van der Waals surface area (Å²) in [6.07, 6.45) is 6.51. The summed E-state index contributed by atoms with van der Waals surface area (Å²) in [5.74, 6) is 1.17. The molecule has 2 aromatic rings. The van der Waals surface area contributed by atoms with Crippen LogP contribution in [0.2, 0.25) is 0 Å². The zero-order chi connectivity index (χ0) is 13.1. The van der Waals surface area contributed by atoms with Gasteiger partial charge in [-0.2, -0.15) is 11.8 Å². The molecule has 100 valence electrons. The number of carbonyl (C=O) groups is 1. The van der Waals surface area contributed by atoms with Crippen molar-refractivity contribution in [3.05, 3.63) is 36.1 Å². The number of furan rings is 1. The number of Topliss-reactive ketones (excluding diaryl/α,β-unsaturated/α-hetero) is 1. The second-order valence-electron chi connectivity index (χ2n) is 5.14. The molecule has 0 saturated heterocycles. The molecule has 3 heteroatoms. The van der Waals surface area contributed by atoms with Gasteiger partial charge in [-0.3, -0.25) is 4.79 Å². The lowest BCUT2D eigenvalue weighted by atomic mass is 10.0. The first-order chi connectivity index (χ1) is 9.33. The SMILES string of the molecule is O=C(CSC1CCCCC1)c1cc2ccccc2o1. The number of benzene rings is 1. The molecule has 0 N–H and O–H groups in total. The maximum atomic E-state index is 12.1. The standard InChI is InChI=1S/C16H18O2S/c17-14(11-19-13-7-2-1-3-8-13)16-10-12-6-4-5-9-15(12)18-16/h4-6,9-10,13H,1-3,7-8,11H2. The minimum Gasteiger partial charge on any atom is -0.453 e. The van der Waals surface area contributed by atoms with Crippen LogP contribution >= 0.6 is 11.8 Å². The van der Waals surface area contributed by atoms with Crippen molar-refractivity contribution < 1.29 is 9.21 Å². The average Bonchev–Trinajstić information content (AvgIpc) is 2.90. The van der Waals surface area contributed by atoms with E-state index < -0.39 is 0 Å². The summed E-state index contributed by atoms with van der Waals surface area (Å²) in [6.45, 7) is 0. The lowest BCUT2D eigenvalue weighted by molar-refractivity contribution is 0.0994. The first kappa shape index (κ1) is 12.8. The van der Waals surface area contributed by atoms with Crippen molar-refractivity contribution in [2.45, 2.75) is 37.4 Å². The second kappa shape index (κ2) is 5.83. The van der Waals surface area contributed by atoms with E-state index in [4.69, 9.17) is 4.42 Å². The molecular weight excluding hydrogens is 256 g/mol. The molecule has 1 fully saturated rings. The van der Waals surface area contributed by atoms with E-state index in [1.54, 1.807) is 11.8 Å². The molecule has 3 rings (SSSR count). The van der Waals surface area contributed by atoms with Gasteiger partial charge in [0.1, 0.15) is 5.58 Å². The highest BCUT2D eigenvalue weighted by atomic mass is 32.2. The van der Waals surface area contributed by atoms with Gasteiger partial charge in [-0.05, 0) is 25.0 Å². The van der Waals surface area contributed by atoms with Crippen molar-refractivity contribution in [2.75, 3.05) is 5.75 Å². The van der Waals surface area contributed by atoms with Crippen molar-refractivity contribution in [3.63, 3.8) is 0 Å². The van der Waals surface area contributed by atoms with Gasteiger partial charge in [0.2, 0.25) is 5.78 Å². The molecule has 0 unspecified atom stereocenters. The maximum absolute atomic E-state index is 12.1. The maximum Gasteiger partial charge on any atom is 0.207 e. The van der Waals surface area contributed by atoms with Crippen molar-refractivity contribution in [1.82, 2.24) is 0 Å². The van der Waals surface area contributed by atoms with Crippen LogP contribution in [0, 0.1) is 0 Å². The summed E-state index contributed by atoms with van der Waals surface area (Å²) < 4.78 is 5.61. The molecule has 0 radical (unpaired) electrons. The summed E-state index contributed by atoms with van der Waals surface area (Å²) in [4.78, 5) is 12.1. The number of rotatable bonds is 4. The van der Waals surface area contributed by atoms with Crippen LogP contribution in [-0.2, 0) is 0 Å². The fourth-order valence-corrected chi connectivity index (χ4v) is 3.81. The molecule has 0 aliphatic heterocycles. The summed E-state index contributed by atoms with van der Waals surface area (Å²) in [5.41, 5.74) is 0.800. The van der Waals surface area contributed by atoms with Crippen molar-refractivity contribution in [1.29, 1.82) is 0 Å². The zero-order valence-electron chi connectivity index (χ0n) is 10.9. The van der Waals surface area contributed by atoms with Crippen molar-refractivity contribution in [2.24, 2.45) is 0 Å². The van der Waals surface area contributed by atoms with Crippen LogP contribution in [0.1, 0.15) is 42.7 Å². The molecule has 0 spiro atoms. The Balaban J connectivity index is 1.63. The fraction of sp³-hybridized carbons (Fsp3) is 0.438. The van der Waals surface area contributed by atoms with Crippen LogP contribution in [-0.4, -0.2) is 16.8 Å². The third-order valence-electron chi connectivity index (χ3n) is 3.70. The van der Waals surface area contributed by atoms with E-state index >= 15 is 0 Å². The van der Waals surface area contributed by atoms with Crippen LogP contribution in [0.4, 0.5) is 0 Å². The fourth-order valence-electron chi connectivity index (χ4n) is 2.62. The van der Waals surface area contributed by atoms with Gasteiger partial charge in [-0.15, -0.1) is 0 Å². The van der Waals surface area contributed by atoms with E-state index in [9.17, 15) is 4.79 Å². The molecule has 0 amide bonds. The molecular formula is C16H18O2S. The highest BCUT2D eigenvalue weighted by molar-refractivity contribution is 8.00. The average molecular weight is 274 g/mol. The molecule has 0 atom stereocenters. The Morgan fingerprint density at radius 3 is 2.79 bits per heavy atom. The molecule has 0 bridgehead atoms. The number of ketones is 1. The third kappa shape index (κ3) is 3.03. The number of para-hydroxylation sites is 1. The number of hydrogen-bond donors (Lipinski definition) is 0. The summed E-state index contributed by atoms with van der Waals surface area (Å²) in [6, 6.07) is 9.63. The van der Waals surface area contributed by atoms with Gasteiger partial charge >= 0.3 is 0 Å². The van der Waals surface area contributed by atoms with E-state index in [-0.39, 0.29) is 5.78 Å². The predicted molar refractivity (Wildman–Crippen MR) is 79.9 cm³/mol. The first-order valence-electron chi connectivity index (χ1n) is 6.96. The van der Waals surface area contributed by atoms with Gasteiger partial charge in [-0.25, -0.2) is 0 Å². The van der Waals surface area contributed by atoms with E-state index in [1.165, 1.54) is 32.1 Å². The molecule has 1 saturated carbocycles. The Bertz CT molecular complexity index is 534. The Labute approximate surface area is 117 Å². The van der Waals surface area contributed by atoms with Crippen molar-refractivity contribution >= 4 is 28.5 Å². The van der Waals surface area contributed by atoms with Crippen LogP contribution in [0.25, 0.3) is 11.0 Å². The van der Waals surface area contributed by atoms with E-state index in [1.807, 2.05) is 30.3 Å².